The smallest absolute Gasteiger partial charge is 0.316 e. The minimum Gasteiger partial charge on any atom is -0.460 e. The lowest BCUT2D eigenvalue weighted by Gasteiger charge is -2.28. The van der Waals surface area contributed by atoms with E-state index in [1.807, 2.05) is 18.2 Å². The van der Waals surface area contributed by atoms with Gasteiger partial charge in [0, 0.05) is 23.1 Å². The van der Waals surface area contributed by atoms with Gasteiger partial charge in [0.2, 0.25) is 5.91 Å². The van der Waals surface area contributed by atoms with Gasteiger partial charge in [-0.3, -0.25) is 4.79 Å². The van der Waals surface area contributed by atoms with Crippen LogP contribution < -0.4 is 10.1 Å². The number of ether oxygens (including phenoxy) is 1. The lowest BCUT2D eigenvalue weighted by atomic mass is 9.93. The highest BCUT2D eigenvalue weighted by Gasteiger charge is 2.24. The molecule has 0 spiro atoms. The molecule has 1 heterocycles. The van der Waals surface area contributed by atoms with Crippen molar-refractivity contribution < 1.29 is 13.9 Å². The second-order valence-electron chi connectivity index (χ2n) is 6.25. The zero-order valence-electron chi connectivity index (χ0n) is 14.4. The first kappa shape index (κ1) is 18.6. The molecule has 1 aliphatic carbocycles. The van der Waals surface area contributed by atoms with Crippen LogP contribution in [0.1, 0.15) is 32.1 Å². The average Bonchev–Trinajstić information content (AvgIpc) is 2.66. The molecule has 0 saturated heterocycles. The summed E-state index contributed by atoms with van der Waals surface area (Å²) in [4.78, 5) is 20.9. The number of nitrogens with one attached hydrogen (secondary N) is 1. The van der Waals surface area contributed by atoms with E-state index in [1.165, 1.54) is 4.90 Å². The Kier molecular flexibility index (Phi) is 6.82. The van der Waals surface area contributed by atoms with Gasteiger partial charge in [-0.2, -0.15) is 0 Å². The normalized spacial score (nSPS) is 19.7. The molecule has 3 rings (SSSR count). The maximum absolute atomic E-state index is 12.8. The van der Waals surface area contributed by atoms with E-state index < -0.39 is 5.82 Å². The van der Waals surface area contributed by atoms with Gasteiger partial charge in [-0.1, -0.05) is 18.2 Å². The quantitative estimate of drug-likeness (QED) is 0.749. The fourth-order valence-electron chi connectivity index (χ4n) is 2.91. The predicted molar refractivity (Wildman–Crippen MR) is 98.6 cm³/mol. The van der Waals surface area contributed by atoms with Crippen molar-refractivity contribution in [3.8, 4) is 6.01 Å². The van der Waals surface area contributed by atoms with Crippen molar-refractivity contribution in [1.82, 2.24) is 15.3 Å². The van der Waals surface area contributed by atoms with Crippen molar-refractivity contribution in [3.05, 3.63) is 48.5 Å². The fraction of sp³-hybridized carbons (Fsp3) is 0.421. The van der Waals surface area contributed by atoms with Crippen LogP contribution in [0.25, 0.3) is 0 Å². The number of halogens is 1. The Labute approximate surface area is 156 Å². The highest BCUT2D eigenvalue weighted by atomic mass is 32.2. The summed E-state index contributed by atoms with van der Waals surface area (Å²) in [6, 6.07) is 10.5. The highest BCUT2D eigenvalue weighted by Crippen LogP contribution is 2.22. The van der Waals surface area contributed by atoms with Crippen LogP contribution in [-0.4, -0.2) is 33.8 Å². The maximum Gasteiger partial charge on any atom is 0.316 e. The number of aromatic nitrogens is 2. The summed E-state index contributed by atoms with van der Waals surface area (Å²) >= 11 is 1.69. The van der Waals surface area contributed by atoms with Crippen molar-refractivity contribution in [2.24, 2.45) is 0 Å². The SMILES string of the molecule is O=C(CCSc1ccccc1)NC1CCC(Oc2ncc(F)cn2)CC1. The molecule has 1 aromatic heterocycles. The van der Waals surface area contributed by atoms with E-state index in [1.54, 1.807) is 11.8 Å². The standard InChI is InChI=1S/C19H22FN3O2S/c20-14-12-21-19(22-13-14)25-16-8-6-15(7-9-16)23-18(24)10-11-26-17-4-2-1-3-5-17/h1-5,12-13,15-16H,6-11H2,(H,23,24). The molecule has 1 saturated carbocycles. The van der Waals surface area contributed by atoms with Crippen molar-refractivity contribution in [2.75, 3.05) is 5.75 Å². The molecule has 1 aliphatic rings. The Morgan fingerprint density at radius 2 is 1.85 bits per heavy atom. The Hall–Kier alpha value is -2.15. The van der Waals surface area contributed by atoms with Crippen LogP contribution in [0.3, 0.4) is 0 Å². The fourth-order valence-corrected chi connectivity index (χ4v) is 3.79. The van der Waals surface area contributed by atoms with E-state index in [4.69, 9.17) is 4.74 Å². The van der Waals surface area contributed by atoms with Gasteiger partial charge in [-0.05, 0) is 37.8 Å². The molecule has 0 unspecified atom stereocenters. The molecule has 2 aromatic rings. The first-order valence-electron chi connectivity index (χ1n) is 8.80. The molecule has 1 aromatic carbocycles. The topological polar surface area (TPSA) is 64.1 Å². The molecular weight excluding hydrogens is 353 g/mol. The second kappa shape index (κ2) is 9.52. The van der Waals surface area contributed by atoms with Gasteiger partial charge in [0.25, 0.3) is 0 Å². The second-order valence-corrected chi connectivity index (χ2v) is 7.42. The van der Waals surface area contributed by atoms with Crippen LogP contribution in [0.5, 0.6) is 6.01 Å². The molecule has 0 bridgehead atoms. The van der Waals surface area contributed by atoms with Gasteiger partial charge >= 0.3 is 6.01 Å². The maximum atomic E-state index is 12.8. The molecule has 7 heteroatoms. The number of hydrogen-bond donors (Lipinski definition) is 1. The minimum absolute atomic E-state index is 0.0160. The summed E-state index contributed by atoms with van der Waals surface area (Å²) in [5.41, 5.74) is 0. The number of nitrogens with zero attached hydrogens (tertiary/aromatic N) is 2. The zero-order valence-corrected chi connectivity index (χ0v) is 15.3. The summed E-state index contributed by atoms with van der Waals surface area (Å²) in [5, 5.41) is 3.11. The number of benzene rings is 1. The van der Waals surface area contributed by atoms with Gasteiger partial charge in [0.1, 0.15) is 6.10 Å². The lowest BCUT2D eigenvalue weighted by molar-refractivity contribution is -0.121. The molecule has 5 nitrogen and oxygen atoms in total. The lowest BCUT2D eigenvalue weighted by Crippen LogP contribution is -2.39. The number of rotatable bonds is 7. The van der Waals surface area contributed by atoms with Crippen LogP contribution >= 0.6 is 11.8 Å². The van der Waals surface area contributed by atoms with Gasteiger partial charge in [-0.25, -0.2) is 14.4 Å². The van der Waals surface area contributed by atoms with Gasteiger partial charge < -0.3 is 10.1 Å². The van der Waals surface area contributed by atoms with Gasteiger partial charge in [0.15, 0.2) is 5.82 Å². The highest BCUT2D eigenvalue weighted by molar-refractivity contribution is 7.99. The summed E-state index contributed by atoms with van der Waals surface area (Å²) in [5.74, 6) is 0.393. The Bertz CT molecular complexity index is 692. The van der Waals surface area contributed by atoms with E-state index >= 15 is 0 Å². The minimum atomic E-state index is -0.478. The third-order valence-corrected chi connectivity index (χ3v) is 5.26. The third kappa shape index (κ3) is 5.98. The Morgan fingerprint density at radius 1 is 1.15 bits per heavy atom. The van der Waals surface area contributed by atoms with Crippen molar-refractivity contribution in [3.63, 3.8) is 0 Å². The molecule has 1 fully saturated rings. The predicted octanol–water partition coefficient (Wildman–Crippen LogP) is 3.60. The summed E-state index contributed by atoms with van der Waals surface area (Å²) < 4.78 is 18.5. The molecule has 138 valence electrons. The molecule has 0 aliphatic heterocycles. The summed E-state index contributed by atoms with van der Waals surface area (Å²) in [6.07, 6.45) is 6.10. The third-order valence-electron chi connectivity index (χ3n) is 4.25. The number of carbonyl (C=O) groups excluding carboxylic acids is 1. The molecular formula is C19H22FN3O2S. The summed E-state index contributed by atoms with van der Waals surface area (Å²) in [6.45, 7) is 0. The van der Waals surface area contributed by atoms with E-state index in [-0.39, 0.29) is 24.1 Å². The molecule has 0 radical (unpaired) electrons. The first-order chi connectivity index (χ1) is 12.7. The van der Waals surface area contributed by atoms with Gasteiger partial charge in [-0.15, -0.1) is 11.8 Å². The van der Waals surface area contributed by atoms with Crippen molar-refractivity contribution in [1.29, 1.82) is 0 Å². The van der Waals surface area contributed by atoms with Crippen LogP contribution in [0, 0.1) is 5.82 Å². The number of hydrogen-bond acceptors (Lipinski definition) is 5. The van der Waals surface area contributed by atoms with E-state index in [9.17, 15) is 9.18 Å². The largest absolute Gasteiger partial charge is 0.460 e. The Balaban J connectivity index is 1.33. The molecule has 1 N–H and O–H groups in total. The monoisotopic (exact) mass is 375 g/mol. The summed E-state index contributed by atoms with van der Waals surface area (Å²) in [7, 11) is 0. The molecule has 1 amide bonds. The molecule has 0 atom stereocenters. The van der Waals surface area contributed by atoms with Crippen LogP contribution in [-0.2, 0) is 4.79 Å². The average molecular weight is 375 g/mol. The molecule has 26 heavy (non-hydrogen) atoms. The number of carbonyl (C=O) groups is 1. The van der Waals surface area contributed by atoms with E-state index in [0.29, 0.717) is 6.42 Å². The number of amides is 1. The van der Waals surface area contributed by atoms with E-state index in [2.05, 4.69) is 27.4 Å². The zero-order chi connectivity index (χ0) is 18.2. The van der Waals surface area contributed by atoms with Gasteiger partial charge in [0.05, 0.1) is 12.4 Å². The number of thioether (sulfide) groups is 1. The van der Waals surface area contributed by atoms with Crippen LogP contribution in [0.4, 0.5) is 4.39 Å². The first-order valence-corrected chi connectivity index (χ1v) is 9.79. The van der Waals surface area contributed by atoms with Crippen LogP contribution in [0.2, 0.25) is 0 Å². The van der Waals surface area contributed by atoms with E-state index in [0.717, 1.165) is 43.8 Å². The van der Waals surface area contributed by atoms with Crippen molar-refractivity contribution in [2.45, 2.75) is 49.1 Å². The Morgan fingerprint density at radius 3 is 2.54 bits per heavy atom. The van der Waals surface area contributed by atoms with Crippen LogP contribution in [0.15, 0.2) is 47.6 Å². The van der Waals surface area contributed by atoms with Crippen molar-refractivity contribution >= 4 is 17.7 Å².